The average Bonchev–Trinajstić information content (AvgIpc) is 3.33. The Morgan fingerprint density at radius 1 is 1.08 bits per heavy atom. The molecule has 194 valence electrons. The SMILES string of the molecule is CCOC(=O)c1cc2n(n1)C[C@](C)(C(=O)NCc1ccccc1OC)N(c1ccc(OCC)cc1)C2=O. The van der Waals surface area contributed by atoms with Gasteiger partial charge in [-0.15, -0.1) is 0 Å². The van der Waals surface area contributed by atoms with Gasteiger partial charge in [-0.05, 0) is 51.1 Å². The van der Waals surface area contributed by atoms with Crippen LogP contribution in [-0.2, 0) is 22.6 Å². The summed E-state index contributed by atoms with van der Waals surface area (Å²) in [5.41, 5.74) is 0.133. The van der Waals surface area contributed by atoms with Gasteiger partial charge in [-0.1, -0.05) is 18.2 Å². The number of fused-ring (bicyclic) bond motifs is 1. The highest BCUT2D eigenvalue weighted by molar-refractivity contribution is 6.12. The highest BCUT2D eigenvalue weighted by Crippen LogP contribution is 2.34. The molecule has 3 aromatic rings. The second-order valence-corrected chi connectivity index (χ2v) is 8.63. The number of carbonyl (C=O) groups excluding carboxylic acids is 3. The molecule has 0 bridgehead atoms. The van der Waals surface area contributed by atoms with Gasteiger partial charge in [0.05, 0.1) is 26.9 Å². The fourth-order valence-corrected chi connectivity index (χ4v) is 4.36. The maximum absolute atomic E-state index is 13.8. The van der Waals surface area contributed by atoms with Crippen molar-refractivity contribution in [2.45, 2.75) is 39.4 Å². The molecular formula is C27H30N4O6. The number of hydrogen-bond acceptors (Lipinski definition) is 7. The van der Waals surface area contributed by atoms with Crippen LogP contribution in [0, 0.1) is 0 Å². The van der Waals surface area contributed by atoms with Crippen molar-refractivity contribution in [3.8, 4) is 11.5 Å². The van der Waals surface area contributed by atoms with E-state index in [1.54, 1.807) is 45.2 Å². The van der Waals surface area contributed by atoms with Crippen LogP contribution in [0.15, 0.2) is 54.6 Å². The molecule has 1 aliphatic rings. The van der Waals surface area contributed by atoms with Gasteiger partial charge in [0.25, 0.3) is 5.91 Å². The lowest BCUT2D eigenvalue weighted by Crippen LogP contribution is -2.64. The van der Waals surface area contributed by atoms with Gasteiger partial charge in [-0.2, -0.15) is 5.10 Å². The van der Waals surface area contributed by atoms with Crippen molar-refractivity contribution < 1.29 is 28.6 Å². The van der Waals surface area contributed by atoms with E-state index in [1.165, 1.54) is 15.6 Å². The third kappa shape index (κ3) is 5.00. The maximum Gasteiger partial charge on any atom is 0.358 e. The molecule has 0 radical (unpaired) electrons. The second-order valence-electron chi connectivity index (χ2n) is 8.63. The van der Waals surface area contributed by atoms with Gasteiger partial charge >= 0.3 is 5.97 Å². The molecule has 2 heterocycles. The van der Waals surface area contributed by atoms with Crippen LogP contribution in [-0.4, -0.2) is 53.4 Å². The molecule has 2 amide bonds. The fourth-order valence-electron chi connectivity index (χ4n) is 4.36. The first-order valence-electron chi connectivity index (χ1n) is 12.0. The Bertz CT molecular complexity index is 1300. The minimum absolute atomic E-state index is 0.00974. The predicted octanol–water partition coefficient (Wildman–Crippen LogP) is 3.20. The summed E-state index contributed by atoms with van der Waals surface area (Å²) in [5.74, 6) is -0.197. The van der Waals surface area contributed by atoms with Crippen molar-refractivity contribution >= 4 is 23.5 Å². The molecule has 1 aliphatic heterocycles. The first kappa shape index (κ1) is 25.7. The van der Waals surface area contributed by atoms with E-state index in [4.69, 9.17) is 14.2 Å². The maximum atomic E-state index is 13.8. The van der Waals surface area contributed by atoms with E-state index in [-0.39, 0.29) is 37.0 Å². The van der Waals surface area contributed by atoms with Gasteiger partial charge in [0, 0.05) is 23.9 Å². The van der Waals surface area contributed by atoms with E-state index in [1.807, 2.05) is 31.2 Å². The van der Waals surface area contributed by atoms with Gasteiger partial charge < -0.3 is 19.5 Å². The number of para-hydroxylation sites is 1. The Morgan fingerprint density at radius 3 is 2.49 bits per heavy atom. The van der Waals surface area contributed by atoms with Crippen molar-refractivity contribution in [1.82, 2.24) is 15.1 Å². The summed E-state index contributed by atoms with van der Waals surface area (Å²) < 4.78 is 17.4. The zero-order chi connectivity index (χ0) is 26.6. The number of carbonyl (C=O) groups is 3. The molecule has 2 aromatic carbocycles. The van der Waals surface area contributed by atoms with E-state index in [2.05, 4.69) is 10.4 Å². The Kier molecular flexibility index (Phi) is 7.47. The number of ether oxygens (including phenoxy) is 3. The van der Waals surface area contributed by atoms with Gasteiger partial charge in [-0.3, -0.25) is 19.2 Å². The number of esters is 1. The molecule has 37 heavy (non-hydrogen) atoms. The summed E-state index contributed by atoms with van der Waals surface area (Å²) in [5, 5.41) is 7.23. The molecule has 0 saturated carbocycles. The van der Waals surface area contributed by atoms with Crippen LogP contribution >= 0.6 is 0 Å². The molecule has 1 atom stereocenters. The highest BCUT2D eigenvalue weighted by Gasteiger charge is 2.49. The van der Waals surface area contributed by atoms with E-state index >= 15 is 0 Å². The highest BCUT2D eigenvalue weighted by atomic mass is 16.5. The number of benzene rings is 2. The Balaban J connectivity index is 1.71. The van der Waals surface area contributed by atoms with E-state index in [0.717, 1.165) is 5.56 Å². The Labute approximate surface area is 215 Å². The monoisotopic (exact) mass is 506 g/mol. The average molecular weight is 507 g/mol. The second kappa shape index (κ2) is 10.7. The number of anilines is 1. The van der Waals surface area contributed by atoms with Gasteiger partial charge in [0.2, 0.25) is 5.91 Å². The smallest absolute Gasteiger partial charge is 0.358 e. The molecule has 10 heteroatoms. The van der Waals surface area contributed by atoms with Crippen LogP contribution in [0.4, 0.5) is 5.69 Å². The summed E-state index contributed by atoms with van der Waals surface area (Å²) in [7, 11) is 1.57. The van der Waals surface area contributed by atoms with Crippen molar-refractivity contribution in [1.29, 1.82) is 0 Å². The zero-order valence-electron chi connectivity index (χ0n) is 21.3. The van der Waals surface area contributed by atoms with Crippen molar-refractivity contribution in [2.75, 3.05) is 25.2 Å². The Hall–Kier alpha value is -4.34. The quantitative estimate of drug-likeness (QED) is 0.444. The third-order valence-electron chi connectivity index (χ3n) is 6.16. The first-order chi connectivity index (χ1) is 17.8. The van der Waals surface area contributed by atoms with Crippen LogP contribution in [0.3, 0.4) is 0 Å². The largest absolute Gasteiger partial charge is 0.496 e. The van der Waals surface area contributed by atoms with Gasteiger partial charge in [-0.25, -0.2) is 4.79 Å². The summed E-state index contributed by atoms with van der Waals surface area (Å²) in [6, 6.07) is 15.7. The van der Waals surface area contributed by atoms with Crippen LogP contribution in [0.5, 0.6) is 11.5 Å². The molecule has 1 aromatic heterocycles. The molecule has 0 spiro atoms. The number of aromatic nitrogens is 2. The van der Waals surface area contributed by atoms with Crippen LogP contribution in [0.1, 0.15) is 47.3 Å². The molecule has 0 aliphatic carbocycles. The first-order valence-corrected chi connectivity index (χ1v) is 12.0. The minimum Gasteiger partial charge on any atom is -0.496 e. The third-order valence-corrected chi connectivity index (χ3v) is 6.16. The summed E-state index contributed by atoms with van der Waals surface area (Å²) in [4.78, 5) is 41.3. The van der Waals surface area contributed by atoms with E-state index < -0.39 is 17.4 Å². The number of methoxy groups -OCH3 is 1. The van der Waals surface area contributed by atoms with Crippen LogP contribution < -0.4 is 19.7 Å². The number of rotatable bonds is 9. The van der Waals surface area contributed by atoms with Gasteiger partial charge in [0.15, 0.2) is 5.69 Å². The topological polar surface area (TPSA) is 112 Å². The summed E-state index contributed by atoms with van der Waals surface area (Å²) in [6.45, 7) is 6.15. The van der Waals surface area contributed by atoms with Crippen molar-refractivity contribution in [3.63, 3.8) is 0 Å². The normalized spacial score (nSPS) is 16.6. The number of hydrogen-bond donors (Lipinski definition) is 1. The van der Waals surface area contributed by atoms with Crippen molar-refractivity contribution in [3.05, 3.63) is 71.5 Å². The lowest BCUT2D eigenvalue weighted by Gasteiger charge is -2.43. The zero-order valence-corrected chi connectivity index (χ0v) is 21.3. The molecule has 0 fully saturated rings. The molecule has 4 rings (SSSR count). The van der Waals surface area contributed by atoms with E-state index in [9.17, 15) is 14.4 Å². The van der Waals surface area contributed by atoms with Gasteiger partial charge in [0.1, 0.15) is 22.7 Å². The lowest BCUT2D eigenvalue weighted by atomic mass is 9.93. The Morgan fingerprint density at radius 2 is 1.81 bits per heavy atom. The molecule has 0 saturated heterocycles. The number of nitrogens with one attached hydrogen (secondary N) is 1. The summed E-state index contributed by atoms with van der Waals surface area (Å²) in [6.07, 6.45) is 0. The standard InChI is InChI=1S/C27H30N4O6/c1-5-36-20-13-11-19(12-14-20)31-24(32)22-15-21(25(33)37-6-2)29-30(22)17-27(31,3)26(34)28-16-18-9-7-8-10-23(18)35-4/h7-15H,5-6,16-17H2,1-4H3,(H,28,34)/t27-/m1/s1. The molecule has 10 nitrogen and oxygen atoms in total. The molecule has 1 N–H and O–H groups in total. The minimum atomic E-state index is -1.36. The predicted molar refractivity (Wildman–Crippen MR) is 136 cm³/mol. The van der Waals surface area contributed by atoms with Crippen molar-refractivity contribution in [2.24, 2.45) is 0 Å². The number of amides is 2. The van der Waals surface area contributed by atoms with Crippen LogP contribution in [0.2, 0.25) is 0 Å². The molecular weight excluding hydrogens is 476 g/mol. The number of nitrogens with zero attached hydrogens (tertiary/aromatic N) is 3. The van der Waals surface area contributed by atoms with Crippen LogP contribution in [0.25, 0.3) is 0 Å². The fraction of sp³-hybridized carbons (Fsp3) is 0.333. The lowest BCUT2D eigenvalue weighted by molar-refractivity contribution is -0.126. The summed E-state index contributed by atoms with van der Waals surface area (Å²) >= 11 is 0. The van der Waals surface area contributed by atoms with E-state index in [0.29, 0.717) is 23.8 Å². The molecule has 0 unspecified atom stereocenters.